The van der Waals surface area contributed by atoms with E-state index in [-0.39, 0.29) is 28.0 Å². The molecule has 1 heterocycles. The second kappa shape index (κ2) is 14.2. The van der Waals surface area contributed by atoms with Crippen molar-refractivity contribution < 1.29 is 23.5 Å². The fraction of sp³-hybridized carbons (Fsp3) is 0.171. The average molecular weight is 592 g/mol. The summed E-state index contributed by atoms with van der Waals surface area (Å²) in [7, 11) is 2.91. The van der Waals surface area contributed by atoms with Crippen LogP contribution >= 0.6 is 0 Å². The van der Waals surface area contributed by atoms with Crippen LogP contribution in [0.3, 0.4) is 0 Å². The number of carbonyl (C=O) groups excluding carboxylic acids is 2. The first-order chi connectivity index (χ1) is 21.4. The van der Waals surface area contributed by atoms with E-state index in [2.05, 4.69) is 28.1 Å². The molecule has 0 aliphatic heterocycles. The number of hydrogen-bond donors (Lipinski definition) is 3. The van der Waals surface area contributed by atoms with Crippen LogP contribution in [-0.4, -0.2) is 39.1 Å². The number of benzene rings is 4. The van der Waals surface area contributed by atoms with E-state index in [9.17, 15) is 14.4 Å². The lowest BCUT2D eigenvalue weighted by molar-refractivity contribution is 0.0997. The lowest BCUT2D eigenvalue weighted by atomic mass is 10.1. The van der Waals surface area contributed by atoms with Crippen molar-refractivity contribution in [1.82, 2.24) is 5.32 Å². The van der Waals surface area contributed by atoms with Gasteiger partial charge in [0, 0.05) is 17.8 Å². The molecule has 0 radical (unpaired) electrons. The van der Waals surface area contributed by atoms with Gasteiger partial charge in [-0.2, -0.15) is 0 Å². The monoisotopic (exact) mass is 591 g/mol. The first-order valence-corrected chi connectivity index (χ1v) is 14.2. The van der Waals surface area contributed by atoms with E-state index in [4.69, 9.17) is 13.9 Å². The summed E-state index contributed by atoms with van der Waals surface area (Å²) in [6.07, 6.45) is 1.82. The van der Waals surface area contributed by atoms with Crippen LogP contribution < -0.4 is 30.9 Å². The largest absolute Gasteiger partial charge is 0.493 e. The highest BCUT2D eigenvalue weighted by Gasteiger charge is 2.21. The SMILES string of the molecule is COc1cc(NC(=O)c2cc(=O)c3ccccc3o2)c(C(=O)Nc2ccc(CCNCCc3ccccc3)cc2)cc1OC. The zero-order valence-electron chi connectivity index (χ0n) is 24.5. The molecule has 4 aromatic carbocycles. The molecule has 0 unspecified atom stereocenters. The minimum absolute atomic E-state index is 0.130. The van der Waals surface area contributed by atoms with Gasteiger partial charge in [-0.1, -0.05) is 54.6 Å². The molecule has 224 valence electrons. The van der Waals surface area contributed by atoms with E-state index in [1.54, 1.807) is 24.3 Å². The van der Waals surface area contributed by atoms with Gasteiger partial charge in [0.1, 0.15) is 5.58 Å². The predicted molar refractivity (Wildman–Crippen MR) is 171 cm³/mol. The summed E-state index contributed by atoms with van der Waals surface area (Å²) in [5, 5.41) is 9.40. The zero-order chi connectivity index (χ0) is 30.9. The Kier molecular flexibility index (Phi) is 9.68. The van der Waals surface area contributed by atoms with Crippen LogP contribution in [0.4, 0.5) is 11.4 Å². The van der Waals surface area contributed by atoms with Gasteiger partial charge in [0.15, 0.2) is 22.7 Å². The smallest absolute Gasteiger partial charge is 0.291 e. The number of hydrogen-bond acceptors (Lipinski definition) is 7. The first kappa shape index (κ1) is 30.1. The highest BCUT2D eigenvalue weighted by atomic mass is 16.5. The quantitative estimate of drug-likeness (QED) is 0.160. The fourth-order valence-corrected chi connectivity index (χ4v) is 4.76. The van der Waals surface area contributed by atoms with Crippen molar-refractivity contribution in [3.05, 3.63) is 130 Å². The van der Waals surface area contributed by atoms with Crippen LogP contribution in [0.15, 0.2) is 106 Å². The summed E-state index contributed by atoms with van der Waals surface area (Å²) >= 11 is 0. The number of amides is 2. The van der Waals surface area contributed by atoms with Crippen molar-refractivity contribution in [1.29, 1.82) is 0 Å². The minimum Gasteiger partial charge on any atom is -0.493 e. The number of nitrogens with one attached hydrogen (secondary N) is 3. The standard InChI is InChI=1S/C35H33N3O6/c1-42-31-20-27(28(21-32(31)43-2)38-35(41)33-22-29(39)26-10-6-7-11-30(26)44-33)34(40)37-25-14-12-24(13-15-25)17-19-36-18-16-23-8-4-3-5-9-23/h3-15,20-22,36H,16-19H2,1-2H3,(H,37,40)(H,38,41). The zero-order valence-corrected chi connectivity index (χ0v) is 24.5. The number of para-hydroxylation sites is 1. The van der Waals surface area contributed by atoms with Gasteiger partial charge >= 0.3 is 0 Å². The maximum atomic E-state index is 13.5. The summed E-state index contributed by atoms with van der Waals surface area (Å²) < 4.78 is 16.5. The summed E-state index contributed by atoms with van der Waals surface area (Å²) in [5.41, 5.74) is 3.23. The number of ether oxygens (including phenoxy) is 2. The third kappa shape index (κ3) is 7.32. The van der Waals surface area contributed by atoms with Crippen molar-refractivity contribution in [3.8, 4) is 11.5 Å². The molecule has 44 heavy (non-hydrogen) atoms. The van der Waals surface area contributed by atoms with Crippen LogP contribution in [0, 0.1) is 0 Å². The molecule has 0 saturated heterocycles. The lowest BCUT2D eigenvalue weighted by Crippen LogP contribution is -2.20. The molecule has 3 N–H and O–H groups in total. The highest BCUT2D eigenvalue weighted by Crippen LogP contribution is 2.34. The summed E-state index contributed by atoms with van der Waals surface area (Å²) in [6.45, 7) is 1.74. The molecule has 0 atom stereocenters. The highest BCUT2D eigenvalue weighted by molar-refractivity contribution is 6.12. The number of fused-ring (bicyclic) bond motifs is 1. The summed E-state index contributed by atoms with van der Waals surface area (Å²) in [4.78, 5) is 39.2. The normalized spacial score (nSPS) is 10.8. The Bertz CT molecular complexity index is 1820. The molecule has 9 heteroatoms. The van der Waals surface area contributed by atoms with Crippen LogP contribution in [-0.2, 0) is 12.8 Å². The Morgan fingerprint density at radius 3 is 2.05 bits per heavy atom. The van der Waals surface area contributed by atoms with Gasteiger partial charge in [-0.3, -0.25) is 14.4 Å². The second-order valence-electron chi connectivity index (χ2n) is 10.1. The average Bonchev–Trinajstić information content (AvgIpc) is 3.05. The van der Waals surface area contributed by atoms with Gasteiger partial charge in [-0.25, -0.2) is 0 Å². The Labute approximate surface area is 254 Å². The maximum absolute atomic E-state index is 13.5. The van der Waals surface area contributed by atoms with Crippen molar-refractivity contribution in [2.75, 3.05) is 37.9 Å². The predicted octanol–water partition coefficient (Wildman–Crippen LogP) is 5.69. The van der Waals surface area contributed by atoms with E-state index < -0.39 is 11.8 Å². The molecule has 5 rings (SSSR count). The van der Waals surface area contributed by atoms with E-state index in [1.807, 2.05) is 42.5 Å². The van der Waals surface area contributed by atoms with Gasteiger partial charge < -0.3 is 29.8 Å². The molecule has 5 aromatic rings. The Hall–Kier alpha value is -5.41. The van der Waals surface area contributed by atoms with E-state index >= 15 is 0 Å². The topological polar surface area (TPSA) is 119 Å². The van der Waals surface area contributed by atoms with Gasteiger partial charge in [0.25, 0.3) is 11.8 Å². The number of carbonyl (C=O) groups is 2. The van der Waals surface area contributed by atoms with Crippen LogP contribution in [0.25, 0.3) is 11.0 Å². The Morgan fingerprint density at radius 2 is 1.34 bits per heavy atom. The van der Waals surface area contributed by atoms with Crippen molar-refractivity contribution in [2.45, 2.75) is 12.8 Å². The summed E-state index contributed by atoms with van der Waals surface area (Å²) in [6, 6.07) is 28.7. The lowest BCUT2D eigenvalue weighted by Gasteiger charge is -2.16. The fourth-order valence-electron chi connectivity index (χ4n) is 4.76. The van der Waals surface area contributed by atoms with Crippen LogP contribution in [0.2, 0.25) is 0 Å². The maximum Gasteiger partial charge on any atom is 0.291 e. The first-order valence-electron chi connectivity index (χ1n) is 14.2. The van der Waals surface area contributed by atoms with E-state index in [0.29, 0.717) is 22.6 Å². The third-order valence-electron chi connectivity index (χ3n) is 7.11. The molecule has 0 spiro atoms. The molecule has 2 amide bonds. The van der Waals surface area contributed by atoms with Gasteiger partial charge in [0.2, 0.25) is 0 Å². The van der Waals surface area contributed by atoms with Gasteiger partial charge in [-0.15, -0.1) is 0 Å². The number of methoxy groups -OCH3 is 2. The van der Waals surface area contributed by atoms with Gasteiger partial charge in [0.05, 0.1) is 30.9 Å². The molecule has 9 nitrogen and oxygen atoms in total. The van der Waals surface area contributed by atoms with Crippen molar-refractivity contribution >= 4 is 34.2 Å². The van der Waals surface area contributed by atoms with Crippen LogP contribution in [0.5, 0.6) is 11.5 Å². The number of anilines is 2. The molecule has 0 saturated carbocycles. The van der Waals surface area contributed by atoms with Crippen molar-refractivity contribution in [2.24, 2.45) is 0 Å². The molecule has 1 aromatic heterocycles. The van der Waals surface area contributed by atoms with Crippen molar-refractivity contribution in [3.63, 3.8) is 0 Å². The Balaban J connectivity index is 1.27. The molecular formula is C35H33N3O6. The summed E-state index contributed by atoms with van der Waals surface area (Å²) in [5.74, 6) is -0.753. The molecule has 0 fully saturated rings. The van der Waals surface area contributed by atoms with E-state index in [1.165, 1.54) is 31.9 Å². The minimum atomic E-state index is -0.698. The van der Waals surface area contributed by atoms with E-state index in [0.717, 1.165) is 37.6 Å². The Morgan fingerprint density at radius 1 is 0.705 bits per heavy atom. The molecule has 0 aliphatic carbocycles. The molecule has 0 aliphatic rings. The molecular weight excluding hydrogens is 558 g/mol. The number of rotatable bonds is 12. The van der Waals surface area contributed by atoms with Gasteiger partial charge in [-0.05, 0) is 67.4 Å². The second-order valence-corrected chi connectivity index (χ2v) is 10.1. The van der Waals surface area contributed by atoms with Crippen LogP contribution in [0.1, 0.15) is 32.0 Å². The third-order valence-corrected chi connectivity index (χ3v) is 7.11. The molecule has 0 bridgehead atoms.